The van der Waals surface area contributed by atoms with Crippen molar-refractivity contribution >= 4 is 34.1 Å². The molecule has 1 atom stereocenters. The molecule has 10 heteroatoms. The molecule has 2 aromatic heterocycles. The first-order chi connectivity index (χ1) is 15.8. The molecule has 0 radical (unpaired) electrons. The number of amides is 1. The number of aliphatic hydroxyl groups excluding tert-OH is 1. The predicted molar refractivity (Wildman–Crippen MR) is 122 cm³/mol. The Hall–Kier alpha value is -3.66. The molecule has 33 heavy (non-hydrogen) atoms. The number of aliphatic hydroxyl groups is 1. The molecule has 1 unspecified atom stereocenters. The second kappa shape index (κ2) is 8.04. The third-order valence-electron chi connectivity index (χ3n) is 6.05. The summed E-state index contributed by atoms with van der Waals surface area (Å²) in [6.45, 7) is 4.43. The Morgan fingerprint density at radius 3 is 2.85 bits per heavy atom. The number of nitrogens with one attached hydrogen (secondary N) is 2. The lowest BCUT2D eigenvalue weighted by molar-refractivity contribution is -0.0308. The van der Waals surface area contributed by atoms with Crippen LogP contribution in [0, 0.1) is 12.7 Å². The molecule has 5 rings (SSSR count). The zero-order valence-corrected chi connectivity index (χ0v) is 18.2. The number of carbonyl (C=O) groups is 1. The summed E-state index contributed by atoms with van der Waals surface area (Å²) < 4.78 is 26.3. The number of benzene rings is 1. The third-order valence-corrected chi connectivity index (χ3v) is 6.05. The van der Waals surface area contributed by atoms with Crippen molar-refractivity contribution in [1.29, 1.82) is 0 Å². The summed E-state index contributed by atoms with van der Waals surface area (Å²) in [5.41, 5.74) is 8.46. The van der Waals surface area contributed by atoms with E-state index < -0.39 is 18.0 Å². The lowest BCUT2D eigenvalue weighted by atomic mass is 9.92. The second-order valence-corrected chi connectivity index (χ2v) is 8.51. The maximum atomic E-state index is 15.3. The summed E-state index contributed by atoms with van der Waals surface area (Å²) in [6.07, 6.45) is 2.42. The smallest absolute Gasteiger partial charge is 0.413 e. The number of ether oxygens (including phenoxy) is 2. The van der Waals surface area contributed by atoms with Crippen LogP contribution in [0.3, 0.4) is 0 Å². The maximum Gasteiger partial charge on any atom is 0.413 e. The molecule has 5 N–H and O–H groups in total. The third kappa shape index (κ3) is 3.86. The van der Waals surface area contributed by atoms with Gasteiger partial charge >= 0.3 is 6.09 Å². The van der Waals surface area contributed by atoms with Gasteiger partial charge < -0.3 is 25.6 Å². The SMILES string of the molecule is Cc1c(-c2cc3cc(NC(=O)OC4CC(O)C4)ncc3c(N)c2F)cnc2c1NCC(C)O2. The van der Waals surface area contributed by atoms with Crippen molar-refractivity contribution in [3.05, 3.63) is 35.9 Å². The highest BCUT2D eigenvalue weighted by Gasteiger charge is 2.30. The van der Waals surface area contributed by atoms with Crippen molar-refractivity contribution in [2.75, 3.05) is 22.9 Å². The van der Waals surface area contributed by atoms with Crippen LogP contribution in [0.4, 0.5) is 26.4 Å². The lowest BCUT2D eigenvalue weighted by Crippen LogP contribution is -2.37. The van der Waals surface area contributed by atoms with Crippen molar-refractivity contribution < 1.29 is 23.8 Å². The molecule has 1 aromatic carbocycles. The van der Waals surface area contributed by atoms with Gasteiger partial charge in [-0.05, 0) is 36.9 Å². The molecule has 0 bridgehead atoms. The van der Waals surface area contributed by atoms with Gasteiger partial charge in [-0.1, -0.05) is 0 Å². The largest absolute Gasteiger partial charge is 0.471 e. The molecule has 0 saturated heterocycles. The topological polar surface area (TPSA) is 132 Å². The fraction of sp³-hybridized carbons (Fsp3) is 0.348. The number of anilines is 3. The van der Waals surface area contributed by atoms with E-state index in [1.165, 1.54) is 6.20 Å². The highest BCUT2D eigenvalue weighted by Crippen LogP contribution is 2.40. The molecule has 1 aliphatic carbocycles. The molecule has 1 amide bonds. The zero-order chi connectivity index (χ0) is 23.3. The van der Waals surface area contributed by atoms with E-state index in [0.29, 0.717) is 41.6 Å². The molecule has 1 fully saturated rings. The molecule has 172 valence electrons. The van der Waals surface area contributed by atoms with E-state index in [4.69, 9.17) is 15.2 Å². The maximum absolute atomic E-state index is 15.3. The van der Waals surface area contributed by atoms with Crippen molar-refractivity contribution in [2.24, 2.45) is 0 Å². The molecular weight excluding hydrogens is 429 g/mol. The first-order valence-electron chi connectivity index (χ1n) is 10.7. The van der Waals surface area contributed by atoms with Gasteiger partial charge in [0.2, 0.25) is 5.88 Å². The number of halogens is 1. The molecular formula is C23H24FN5O4. The van der Waals surface area contributed by atoms with Gasteiger partial charge in [-0.3, -0.25) is 5.32 Å². The van der Waals surface area contributed by atoms with Gasteiger partial charge in [0.1, 0.15) is 23.7 Å². The van der Waals surface area contributed by atoms with Crippen LogP contribution in [-0.4, -0.2) is 46.0 Å². The quantitative estimate of drug-likeness (QED) is 0.443. The number of hydrogen-bond acceptors (Lipinski definition) is 8. The Morgan fingerprint density at radius 1 is 1.30 bits per heavy atom. The summed E-state index contributed by atoms with van der Waals surface area (Å²) in [5, 5.41) is 16.2. The van der Waals surface area contributed by atoms with Crippen molar-refractivity contribution in [3.63, 3.8) is 0 Å². The Kier molecular flexibility index (Phi) is 5.16. The van der Waals surface area contributed by atoms with Crippen molar-refractivity contribution in [3.8, 4) is 17.0 Å². The van der Waals surface area contributed by atoms with Gasteiger partial charge in [0.05, 0.1) is 18.3 Å². The Balaban J connectivity index is 1.48. The number of hydrogen-bond donors (Lipinski definition) is 4. The van der Waals surface area contributed by atoms with E-state index in [1.807, 2.05) is 13.8 Å². The van der Waals surface area contributed by atoms with Gasteiger partial charge in [-0.2, -0.15) is 0 Å². The van der Waals surface area contributed by atoms with Crippen LogP contribution >= 0.6 is 0 Å². The van der Waals surface area contributed by atoms with Gasteiger partial charge in [0.25, 0.3) is 0 Å². The van der Waals surface area contributed by atoms with Gasteiger partial charge in [0, 0.05) is 41.7 Å². The van der Waals surface area contributed by atoms with Crippen LogP contribution in [-0.2, 0) is 4.74 Å². The summed E-state index contributed by atoms with van der Waals surface area (Å²) in [4.78, 5) is 20.6. The molecule has 3 aromatic rings. The van der Waals surface area contributed by atoms with Crippen LogP contribution in [0.15, 0.2) is 24.5 Å². The van der Waals surface area contributed by atoms with E-state index >= 15 is 4.39 Å². The highest BCUT2D eigenvalue weighted by atomic mass is 19.1. The number of carbonyl (C=O) groups excluding carboxylic acids is 1. The van der Waals surface area contributed by atoms with Gasteiger partial charge in [-0.15, -0.1) is 0 Å². The van der Waals surface area contributed by atoms with Crippen LogP contribution < -0.4 is 21.1 Å². The molecule has 0 spiro atoms. The minimum atomic E-state index is -0.663. The summed E-state index contributed by atoms with van der Waals surface area (Å²) >= 11 is 0. The first-order valence-corrected chi connectivity index (χ1v) is 10.7. The summed E-state index contributed by atoms with van der Waals surface area (Å²) in [5.74, 6) is 0.161. The Bertz CT molecular complexity index is 1260. The van der Waals surface area contributed by atoms with Crippen LogP contribution in [0.2, 0.25) is 0 Å². The van der Waals surface area contributed by atoms with E-state index in [9.17, 15) is 9.90 Å². The standard InChI is InChI=1S/C23H24FN5O4/c1-10-7-27-21-11(2)16(8-28-22(21)32-10)15-3-12-4-18(26-9-17(12)20(25)19(15)24)29-23(31)33-14-5-13(30)6-14/h3-4,8-10,13-14,27,30H,5-7,25H2,1-2H3,(H,26,29,31). The highest BCUT2D eigenvalue weighted by molar-refractivity contribution is 5.99. The van der Waals surface area contributed by atoms with Crippen LogP contribution in [0.1, 0.15) is 25.3 Å². The minimum Gasteiger partial charge on any atom is -0.471 e. The predicted octanol–water partition coefficient (Wildman–Crippen LogP) is 3.59. The zero-order valence-electron chi connectivity index (χ0n) is 18.2. The fourth-order valence-corrected chi connectivity index (χ4v) is 4.11. The molecule has 3 heterocycles. The first kappa shape index (κ1) is 21.2. The van der Waals surface area contributed by atoms with Gasteiger partial charge in [-0.25, -0.2) is 19.2 Å². The molecule has 1 saturated carbocycles. The minimum absolute atomic E-state index is 0.0113. The monoisotopic (exact) mass is 453 g/mol. The van der Waals surface area contributed by atoms with E-state index in [-0.39, 0.29) is 29.3 Å². The summed E-state index contributed by atoms with van der Waals surface area (Å²) in [7, 11) is 0. The van der Waals surface area contributed by atoms with Crippen LogP contribution in [0.5, 0.6) is 5.88 Å². The number of fused-ring (bicyclic) bond motifs is 2. The Morgan fingerprint density at radius 2 is 2.09 bits per heavy atom. The van der Waals surface area contributed by atoms with E-state index in [2.05, 4.69) is 20.6 Å². The van der Waals surface area contributed by atoms with Crippen molar-refractivity contribution in [2.45, 2.75) is 45.0 Å². The average Bonchev–Trinajstić information content (AvgIpc) is 2.75. The number of nitrogen functional groups attached to an aromatic ring is 1. The Labute approximate surface area is 189 Å². The number of nitrogens with two attached hydrogens (primary N) is 1. The molecule has 1 aliphatic heterocycles. The van der Waals surface area contributed by atoms with Gasteiger partial charge in [0.15, 0.2) is 5.82 Å². The van der Waals surface area contributed by atoms with Crippen LogP contribution in [0.25, 0.3) is 21.9 Å². The van der Waals surface area contributed by atoms with E-state index in [1.54, 1.807) is 18.3 Å². The lowest BCUT2D eigenvalue weighted by Gasteiger charge is -2.30. The summed E-state index contributed by atoms with van der Waals surface area (Å²) in [6, 6.07) is 3.26. The second-order valence-electron chi connectivity index (χ2n) is 8.51. The fourth-order valence-electron chi connectivity index (χ4n) is 4.11. The average molecular weight is 453 g/mol. The van der Waals surface area contributed by atoms with E-state index in [0.717, 1.165) is 11.3 Å². The molecule has 2 aliphatic rings. The number of rotatable bonds is 3. The number of pyridine rings is 2. The number of aromatic nitrogens is 2. The number of nitrogens with zero attached hydrogens (tertiary/aromatic N) is 2. The normalized spacial score (nSPS) is 21.4. The molecule has 9 nitrogen and oxygen atoms in total. The van der Waals surface area contributed by atoms with Crippen molar-refractivity contribution in [1.82, 2.24) is 9.97 Å².